The molecule has 0 spiro atoms. The van der Waals surface area contributed by atoms with Crippen molar-refractivity contribution in [2.45, 2.75) is 25.3 Å². The summed E-state index contributed by atoms with van der Waals surface area (Å²) < 4.78 is 0. The molecule has 180 valence electrons. The molecule has 5 amide bonds. The second-order valence-electron chi connectivity index (χ2n) is 8.70. The van der Waals surface area contributed by atoms with Crippen LogP contribution in [0.3, 0.4) is 0 Å². The van der Waals surface area contributed by atoms with Crippen LogP contribution < -0.4 is 5.32 Å². The van der Waals surface area contributed by atoms with E-state index in [1.807, 2.05) is 6.07 Å². The Hall–Kier alpha value is -4.59. The smallest absolute Gasteiger partial charge is 0.262 e. The van der Waals surface area contributed by atoms with Crippen LogP contribution in [-0.2, 0) is 4.79 Å². The second kappa shape index (κ2) is 9.58. The van der Waals surface area contributed by atoms with E-state index in [9.17, 15) is 24.0 Å². The first-order valence-electron chi connectivity index (χ1n) is 11.8. The Labute approximate surface area is 207 Å². The lowest BCUT2D eigenvalue weighted by molar-refractivity contribution is -0.120. The van der Waals surface area contributed by atoms with Gasteiger partial charge in [-0.15, -0.1) is 0 Å². The minimum absolute atomic E-state index is 0.182. The molecule has 2 aliphatic rings. The molecule has 1 atom stereocenters. The zero-order chi connectivity index (χ0) is 25.2. The summed E-state index contributed by atoms with van der Waals surface area (Å²) in [7, 11) is 0. The Morgan fingerprint density at radius 3 is 1.64 bits per heavy atom. The number of fused-ring (bicyclic) bond motifs is 2. The normalized spacial score (nSPS) is 15.2. The van der Waals surface area contributed by atoms with E-state index in [0.29, 0.717) is 29.7 Å². The number of nitrogens with zero attached hydrogens (tertiary/aromatic N) is 2. The van der Waals surface area contributed by atoms with Gasteiger partial charge >= 0.3 is 0 Å². The molecule has 0 aliphatic carbocycles. The first kappa shape index (κ1) is 23.2. The largest absolute Gasteiger partial charge is 0.324 e. The number of amides is 5. The van der Waals surface area contributed by atoms with Crippen molar-refractivity contribution in [1.29, 1.82) is 0 Å². The Morgan fingerprint density at radius 1 is 0.639 bits per heavy atom. The molecule has 2 aliphatic heterocycles. The van der Waals surface area contributed by atoms with E-state index in [1.54, 1.807) is 72.8 Å². The number of para-hydroxylation sites is 1. The van der Waals surface area contributed by atoms with Gasteiger partial charge < -0.3 is 5.32 Å². The van der Waals surface area contributed by atoms with Gasteiger partial charge in [-0.1, -0.05) is 42.5 Å². The van der Waals surface area contributed by atoms with Gasteiger partial charge in [0.2, 0.25) is 5.91 Å². The predicted molar refractivity (Wildman–Crippen MR) is 131 cm³/mol. The van der Waals surface area contributed by atoms with Gasteiger partial charge in [-0.2, -0.15) is 0 Å². The van der Waals surface area contributed by atoms with Crippen LogP contribution in [0.2, 0.25) is 0 Å². The summed E-state index contributed by atoms with van der Waals surface area (Å²) >= 11 is 0. The van der Waals surface area contributed by atoms with Crippen molar-refractivity contribution >= 4 is 35.2 Å². The van der Waals surface area contributed by atoms with Gasteiger partial charge in [0.05, 0.1) is 22.3 Å². The summed E-state index contributed by atoms with van der Waals surface area (Å²) in [4.78, 5) is 66.9. The van der Waals surface area contributed by atoms with Crippen LogP contribution in [0.4, 0.5) is 5.69 Å². The van der Waals surface area contributed by atoms with Gasteiger partial charge in [0.1, 0.15) is 6.04 Å². The molecule has 0 saturated heterocycles. The highest BCUT2D eigenvalue weighted by atomic mass is 16.2. The van der Waals surface area contributed by atoms with E-state index >= 15 is 0 Å². The molecule has 2 heterocycles. The molecule has 3 aromatic carbocycles. The lowest BCUT2D eigenvalue weighted by Gasteiger charge is -2.25. The molecule has 0 saturated carbocycles. The molecule has 3 aromatic rings. The fraction of sp³-hybridized carbons (Fsp3) is 0.179. The van der Waals surface area contributed by atoms with Crippen molar-refractivity contribution in [1.82, 2.24) is 9.80 Å². The number of rotatable bonds is 8. The number of benzene rings is 3. The zero-order valence-corrected chi connectivity index (χ0v) is 19.3. The number of anilines is 1. The molecule has 5 rings (SSSR count). The maximum absolute atomic E-state index is 13.3. The van der Waals surface area contributed by atoms with Crippen LogP contribution in [0.5, 0.6) is 0 Å². The van der Waals surface area contributed by atoms with Crippen LogP contribution in [0.15, 0.2) is 78.9 Å². The topological polar surface area (TPSA) is 104 Å². The van der Waals surface area contributed by atoms with E-state index in [0.717, 1.165) is 4.90 Å². The van der Waals surface area contributed by atoms with Crippen molar-refractivity contribution in [3.05, 3.63) is 101 Å². The molecule has 0 bridgehead atoms. The van der Waals surface area contributed by atoms with Crippen molar-refractivity contribution in [3.8, 4) is 0 Å². The predicted octanol–water partition coefficient (Wildman–Crippen LogP) is 3.76. The van der Waals surface area contributed by atoms with Crippen molar-refractivity contribution in [3.63, 3.8) is 0 Å². The summed E-state index contributed by atoms with van der Waals surface area (Å²) in [5, 5.41) is 2.79. The second-order valence-corrected chi connectivity index (χ2v) is 8.70. The minimum atomic E-state index is -1.04. The molecule has 8 nitrogen and oxygen atoms in total. The third-order valence-electron chi connectivity index (χ3n) is 6.47. The number of imide groups is 2. The fourth-order valence-corrected chi connectivity index (χ4v) is 4.67. The molecule has 1 N–H and O–H groups in total. The van der Waals surface area contributed by atoms with E-state index in [1.165, 1.54) is 4.90 Å². The third kappa shape index (κ3) is 4.07. The van der Waals surface area contributed by atoms with Crippen molar-refractivity contribution in [2.75, 3.05) is 11.9 Å². The Bertz CT molecular complexity index is 1310. The van der Waals surface area contributed by atoms with Gasteiger partial charge in [-0.3, -0.25) is 33.8 Å². The van der Waals surface area contributed by atoms with Gasteiger partial charge in [0.15, 0.2) is 0 Å². The average molecular weight is 482 g/mol. The van der Waals surface area contributed by atoms with Gasteiger partial charge in [0.25, 0.3) is 23.6 Å². The number of nitrogens with one attached hydrogen (secondary N) is 1. The summed E-state index contributed by atoms with van der Waals surface area (Å²) in [6, 6.07) is 20.9. The molecular formula is C28H23N3O5. The fourth-order valence-electron chi connectivity index (χ4n) is 4.67. The summed E-state index contributed by atoms with van der Waals surface area (Å²) in [5.41, 5.74) is 1.86. The van der Waals surface area contributed by atoms with Crippen molar-refractivity contribution < 1.29 is 24.0 Å². The van der Waals surface area contributed by atoms with Crippen LogP contribution in [0, 0.1) is 0 Å². The summed E-state index contributed by atoms with van der Waals surface area (Å²) in [6.07, 6.45) is 1.02. The highest BCUT2D eigenvalue weighted by molar-refractivity contribution is 6.23. The van der Waals surface area contributed by atoms with Gasteiger partial charge in [-0.05, 0) is 55.7 Å². The van der Waals surface area contributed by atoms with Crippen LogP contribution in [-0.4, -0.2) is 51.9 Å². The van der Waals surface area contributed by atoms with E-state index < -0.39 is 23.8 Å². The Morgan fingerprint density at radius 2 is 1.11 bits per heavy atom. The van der Waals surface area contributed by atoms with Crippen LogP contribution >= 0.6 is 0 Å². The molecule has 1 unspecified atom stereocenters. The standard InChI is InChI=1S/C28H23N3O5/c32-24(29-18-10-2-1-3-11-18)23(31-27(35)21-14-6-7-15-22(21)28(31)36)16-8-9-17-30-25(33)19-12-4-5-13-20(19)26(30)34/h1-7,10-15,23H,8-9,16-17H2,(H,29,32). The highest BCUT2D eigenvalue weighted by Crippen LogP contribution is 2.28. The number of hydrogen-bond acceptors (Lipinski definition) is 5. The first-order chi connectivity index (χ1) is 17.5. The quantitative estimate of drug-likeness (QED) is 0.390. The molecule has 8 heteroatoms. The molecule has 0 aromatic heterocycles. The van der Waals surface area contributed by atoms with E-state index in [2.05, 4.69) is 5.32 Å². The lowest BCUT2D eigenvalue weighted by atomic mass is 10.1. The number of unbranched alkanes of at least 4 members (excludes halogenated alkanes) is 1. The Balaban J connectivity index is 1.30. The number of carbonyl (C=O) groups excluding carboxylic acids is 5. The highest BCUT2D eigenvalue weighted by Gasteiger charge is 2.42. The minimum Gasteiger partial charge on any atom is -0.324 e. The molecular weight excluding hydrogens is 458 g/mol. The molecule has 0 radical (unpaired) electrons. The maximum Gasteiger partial charge on any atom is 0.262 e. The lowest BCUT2D eigenvalue weighted by Crippen LogP contribution is -2.47. The van der Waals surface area contributed by atoms with E-state index in [-0.39, 0.29) is 35.9 Å². The number of hydrogen-bond donors (Lipinski definition) is 1. The van der Waals surface area contributed by atoms with Gasteiger partial charge in [-0.25, -0.2) is 0 Å². The SMILES string of the molecule is O=C(Nc1ccccc1)C(CCCCN1C(=O)c2ccccc2C1=O)N1C(=O)c2ccccc2C1=O. The van der Waals surface area contributed by atoms with Crippen molar-refractivity contribution in [2.24, 2.45) is 0 Å². The maximum atomic E-state index is 13.3. The first-order valence-corrected chi connectivity index (χ1v) is 11.8. The zero-order valence-electron chi connectivity index (χ0n) is 19.3. The summed E-state index contributed by atoms with van der Waals surface area (Å²) in [5.74, 6) is -2.17. The van der Waals surface area contributed by atoms with E-state index in [4.69, 9.17) is 0 Å². The van der Waals surface area contributed by atoms with Crippen LogP contribution in [0.25, 0.3) is 0 Å². The third-order valence-corrected chi connectivity index (χ3v) is 6.47. The monoisotopic (exact) mass is 481 g/mol. The summed E-state index contributed by atoms with van der Waals surface area (Å²) in [6.45, 7) is 0.182. The number of carbonyl (C=O) groups is 5. The molecule has 0 fully saturated rings. The van der Waals surface area contributed by atoms with Crippen LogP contribution in [0.1, 0.15) is 60.7 Å². The van der Waals surface area contributed by atoms with Gasteiger partial charge in [0, 0.05) is 12.2 Å². The molecule has 36 heavy (non-hydrogen) atoms. The average Bonchev–Trinajstić information content (AvgIpc) is 3.30. The Kier molecular flexibility index (Phi) is 6.16.